The Morgan fingerprint density at radius 1 is 1.56 bits per heavy atom. The summed E-state index contributed by atoms with van der Waals surface area (Å²) in [6, 6.07) is 0. The van der Waals surface area contributed by atoms with Gasteiger partial charge in [-0.1, -0.05) is 6.92 Å². The lowest BCUT2D eigenvalue weighted by Gasteiger charge is -2.35. The number of amides is 1. The van der Waals surface area contributed by atoms with E-state index in [4.69, 9.17) is 0 Å². The maximum absolute atomic E-state index is 12.4. The van der Waals surface area contributed by atoms with Crippen molar-refractivity contribution < 1.29 is 4.79 Å². The minimum Gasteiger partial charge on any atom is -0.351 e. The highest BCUT2D eigenvalue weighted by Crippen LogP contribution is 2.32. The molecule has 1 aromatic heterocycles. The molecule has 1 amide bonds. The second kappa shape index (κ2) is 5.52. The Labute approximate surface area is 108 Å². The van der Waals surface area contributed by atoms with E-state index in [9.17, 15) is 4.79 Å². The average Bonchev–Trinajstić information content (AvgIpc) is 2.82. The SMILES string of the molecule is CCC1(C(=O)NCc2cnn(C)c2)CCNCC1. The molecule has 0 saturated carbocycles. The second-order valence-corrected chi connectivity index (χ2v) is 5.09. The molecule has 18 heavy (non-hydrogen) atoms. The van der Waals surface area contributed by atoms with E-state index < -0.39 is 0 Å². The van der Waals surface area contributed by atoms with Crippen LogP contribution in [0.3, 0.4) is 0 Å². The van der Waals surface area contributed by atoms with Gasteiger partial charge in [-0.25, -0.2) is 0 Å². The van der Waals surface area contributed by atoms with E-state index in [-0.39, 0.29) is 11.3 Å². The Kier molecular flexibility index (Phi) is 4.01. The molecule has 0 aromatic carbocycles. The summed E-state index contributed by atoms with van der Waals surface area (Å²) in [5, 5.41) is 10.5. The summed E-state index contributed by atoms with van der Waals surface area (Å²) in [6.07, 6.45) is 6.50. The summed E-state index contributed by atoms with van der Waals surface area (Å²) >= 11 is 0. The molecule has 1 aliphatic heterocycles. The maximum Gasteiger partial charge on any atom is 0.226 e. The third kappa shape index (κ3) is 2.72. The first-order chi connectivity index (χ1) is 8.66. The van der Waals surface area contributed by atoms with E-state index in [1.165, 1.54) is 0 Å². The fraction of sp³-hybridized carbons (Fsp3) is 0.692. The molecule has 2 heterocycles. The van der Waals surface area contributed by atoms with Gasteiger partial charge in [-0.2, -0.15) is 5.10 Å². The molecule has 2 rings (SSSR count). The molecule has 1 saturated heterocycles. The van der Waals surface area contributed by atoms with Gasteiger partial charge >= 0.3 is 0 Å². The molecule has 0 spiro atoms. The van der Waals surface area contributed by atoms with E-state index in [1.54, 1.807) is 10.9 Å². The number of carbonyl (C=O) groups excluding carboxylic acids is 1. The summed E-state index contributed by atoms with van der Waals surface area (Å²) in [7, 11) is 1.88. The van der Waals surface area contributed by atoms with E-state index in [0.717, 1.165) is 37.9 Å². The lowest BCUT2D eigenvalue weighted by Crippen LogP contribution is -2.47. The van der Waals surface area contributed by atoms with E-state index >= 15 is 0 Å². The van der Waals surface area contributed by atoms with Crippen LogP contribution >= 0.6 is 0 Å². The van der Waals surface area contributed by atoms with Crippen molar-refractivity contribution in [2.45, 2.75) is 32.7 Å². The lowest BCUT2D eigenvalue weighted by molar-refractivity contribution is -0.133. The first-order valence-electron chi connectivity index (χ1n) is 6.63. The van der Waals surface area contributed by atoms with Crippen LogP contribution in [0.5, 0.6) is 0 Å². The van der Waals surface area contributed by atoms with Crippen molar-refractivity contribution in [2.75, 3.05) is 13.1 Å². The molecule has 0 atom stereocenters. The standard InChI is InChI=1S/C13H22N4O/c1-3-13(4-6-14-7-5-13)12(18)15-8-11-9-16-17(2)10-11/h9-10,14H,3-8H2,1-2H3,(H,15,18). The number of nitrogens with zero attached hydrogens (tertiary/aromatic N) is 2. The number of hydrogen-bond donors (Lipinski definition) is 2. The van der Waals surface area contributed by atoms with Gasteiger partial charge in [0.1, 0.15) is 0 Å². The first-order valence-corrected chi connectivity index (χ1v) is 6.63. The van der Waals surface area contributed by atoms with Crippen molar-refractivity contribution >= 4 is 5.91 Å². The summed E-state index contributed by atoms with van der Waals surface area (Å²) < 4.78 is 1.75. The van der Waals surface area contributed by atoms with Crippen LogP contribution in [-0.2, 0) is 18.4 Å². The summed E-state index contributed by atoms with van der Waals surface area (Å²) in [5.74, 6) is 0.190. The predicted octanol–water partition coefficient (Wildman–Crippen LogP) is 0.816. The van der Waals surface area contributed by atoms with Crippen molar-refractivity contribution in [2.24, 2.45) is 12.5 Å². The number of piperidine rings is 1. The molecule has 1 aliphatic rings. The van der Waals surface area contributed by atoms with Crippen LogP contribution in [0.25, 0.3) is 0 Å². The number of rotatable bonds is 4. The summed E-state index contributed by atoms with van der Waals surface area (Å²) in [4.78, 5) is 12.4. The van der Waals surface area contributed by atoms with Crippen molar-refractivity contribution in [3.05, 3.63) is 18.0 Å². The fourth-order valence-electron chi connectivity index (χ4n) is 2.58. The van der Waals surface area contributed by atoms with Crippen molar-refractivity contribution in [3.63, 3.8) is 0 Å². The minimum atomic E-state index is -0.173. The van der Waals surface area contributed by atoms with Gasteiger partial charge in [0.05, 0.1) is 11.6 Å². The Hall–Kier alpha value is -1.36. The molecule has 2 N–H and O–H groups in total. The van der Waals surface area contributed by atoms with Crippen LogP contribution in [0.1, 0.15) is 31.7 Å². The predicted molar refractivity (Wildman–Crippen MR) is 69.9 cm³/mol. The number of aromatic nitrogens is 2. The highest BCUT2D eigenvalue weighted by atomic mass is 16.2. The number of hydrogen-bond acceptors (Lipinski definition) is 3. The van der Waals surface area contributed by atoms with Gasteiger partial charge < -0.3 is 10.6 Å². The van der Waals surface area contributed by atoms with Gasteiger partial charge in [0.25, 0.3) is 0 Å². The van der Waals surface area contributed by atoms with Crippen molar-refractivity contribution in [3.8, 4) is 0 Å². The number of aryl methyl sites for hydroxylation is 1. The number of nitrogens with one attached hydrogen (secondary N) is 2. The van der Waals surface area contributed by atoms with Gasteiger partial charge in [-0.15, -0.1) is 0 Å². The zero-order chi connectivity index (χ0) is 13.0. The Bertz CT molecular complexity index is 407. The van der Waals surface area contributed by atoms with Gasteiger partial charge in [-0.3, -0.25) is 9.48 Å². The van der Waals surface area contributed by atoms with Crippen LogP contribution < -0.4 is 10.6 Å². The Morgan fingerprint density at radius 3 is 2.83 bits per heavy atom. The molecule has 1 fully saturated rings. The average molecular weight is 250 g/mol. The van der Waals surface area contributed by atoms with Gasteiger partial charge in [0.15, 0.2) is 0 Å². The van der Waals surface area contributed by atoms with E-state index in [1.807, 2.05) is 13.2 Å². The molecule has 0 aliphatic carbocycles. The smallest absolute Gasteiger partial charge is 0.226 e. The van der Waals surface area contributed by atoms with Crippen LogP contribution in [0.4, 0.5) is 0 Å². The highest BCUT2D eigenvalue weighted by molar-refractivity contribution is 5.82. The molecule has 100 valence electrons. The molecule has 0 unspecified atom stereocenters. The molecular weight excluding hydrogens is 228 g/mol. The van der Waals surface area contributed by atoms with Crippen LogP contribution in [-0.4, -0.2) is 28.8 Å². The molecule has 0 radical (unpaired) electrons. The quantitative estimate of drug-likeness (QED) is 0.831. The topological polar surface area (TPSA) is 59.0 Å². The molecule has 1 aromatic rings. The first kappa shape index (κ1) is 13.1. The monoisotopic (exact) mass is 250 g/mol. The van der Waals surface area contributed by atoms with Crippen LogP contribution in [0, 0.1) is 5.41 Å². The zero-order valence-electron chi connectivity index (χ0n) is 11.2. The largest absolute Gasteiger partial charge is 0.351 e. The maximum atomic E-state index is 12.4. The molecular formula is C13H22N4O. The third-order valence-corrected chi connectivity index (χ3v) is 3.93. The Balaban J connectivity index is 1.93. The van der Waals surface area contributed by atoms with E-state index in [0.29, 0.717) is 6.54 Å². The summed E-state index contributed by atoms with van der Waals surface area (Å²) in [6.45, 7) is 4.55. The minimum absolute atomic E-state index is 0.173. The lowest BCUT2D eigenvalue weighted by atomic mass is 9.76. The molecule has 5 nitrogen and oxygen atoms in total. The molecule has 0 bridgehead atoms. The van der Waals surface area contributed by atoms with Gasteiger partial charge in [0, 0.05) is 25.4 Å². The number of carbonyl (C=O) groups is 1. The van der Waals surface area contributed by atoms with Gasteiger partial charge in [-0.05, 0) is 32.4 Å². The van der Waals surface area contributed by atoms with Gasteiger partial charge in [0.2, 0.25) is 5.91 Å². The van der Waals surface area contributed by atoms with Crippen LogP contribution in [0.2, 0.25) is 0 Å². The fourth-order valence-corrected chi connectivity index (χ4v) is 2.58. The van der Waals surface area contributed by atoms with Crippen molar-refractivity contribution in [1.82, 2.24) is 20.4 Å². The highest BCUT2D eigenvalue weighted by Gasteiger charge is 2.37. The third-order valence-electron chi connectivity index (χ3n) is 3.93. The second-order valence-electron chi connectivity index (χ2n) is 5.09. The normalized spacial score (nSPS) is 18.6. The van der Waals surface area contributed by atoms with E-state index in [2.05, 4.69) is 22.7 Å². The zero-order valence-corrected chi connectivity index (χ0v) is 11.2. The summed E-state index contributed by atoms with van der Waals surface area (Å²) in [5.41, 5.74) is 0.874. The van der Waals surface area contributed by atoms with Crippen molar-refractivity contribution in [1.29, 1.82) is 0 Å². The molecule has 5 heteroatoms. The Morgan fingerprint density at radius 2 is 2.28 bits per heavy atom. The van der Waals surface area contributed by atoms with Crippen LogP contribution in [0.15, 0.2) is 12.4 Å².